The number of carbonyl (C=O) groups excluding carboxylic acids is 1. The van der Waals surface area contributed by atoms with Crippen LogP contribution in [0, 0.1) is 6.92 Å². The van der Waals surface area contributed by atoms with Crippen LogP contribution in [0.2, 0.25) is 0 Å². The Balaban J connectivity index is 3.31. The van der Waals surface area contributed by atoms with E-state index in [2.05, 4.69) is 0 Å². The maximum Gasteiger partial charge on any atom is 0.304 e. The van der Waals surface area contributed by atoms with Crippen molar-refractivity contribution in [2.45, 2.75) is 20.4 Å². The van der Waals surface area contributed by atoms with Crippen molar-refractivity contribution in [1.29, 1.82) is 0 Å². The molecule has 0 fully saturated rings. The van der Waals surface area contributed by atoms with Crippen LogP contribution in [0.15, 0.2) is 6.20 Å². The van der Waals surface area contributed by atoms with Gasteiger partial charge in [0.25, 0.3) is 0 Å². The van der Waals surface area contributed by atoms with Gasteiger partial charge >= 0.3 is 5.82 Å². The smallest absolute Gasteiger partial charge is 0.304 e. The van der Waals surface area contributed by atoms with E-state index < -0.39 is 5.97 Å². The van der Waals surface area contributed by atoms with Gasteiger partial charge in [0.1, 0.15) is 11.9 Å². The lowest BCUT2D eigenvalue weighted by Gasteiger charge is -1.99. The third-order valence-corrected chi connectivity index (χ3v) is 1.98. The van der Waals surface area contributed by atoms with E-state index in [1.807, 2.05) is 13.8 Å². The number of rotatable bonds is 2. The maximum atomic E-state index is 10.7. The number of carboxylic acids is 1. The van der Waals surface area contributed by atoms with E-state index in [-0.39, 0.29) is 5.82 Å². The maximum absolute atomic E-state index is 10.7. The summed E-state index contributed by atoms with van der Waals surface area (Å²) in [5.41, 5.74) is 0.913. The standard InChI is InChI=1S/C8H12N2O2/c1-4-10-5-6(2)9(3)7(10)8(11)12/h5H,4H2,1-3H3. The SMILES string of the molecule is CC[n+]1cc(C)n(C)c1C(=O)[O-]. The van der Waals surface area contributed by atoms with Crippen molar-refractivity contribution in [3.63, 3.8) is 0 Å². The van der Waals surface area contributed by atoms with Crippen molar-refractivity contribution in [3.8, 4) is 0 Å². The van der Waals surface area contributed by atoms with E-state index in [4.69, 9.17) is 0 Å². The molecule has 0 radical (unpaired) electrons. The summed E-state index contributed by atoms with van der Waals surface area (Å²) < 4.78 is 3.27. The van der Waals surface area contributed by atoms with Gasteiger partial charge in [-0.2, -0.15) is 0 Å². The van der Waals surface area contributed by atoms with E-state index in [0.29, 0.717) is 6.54 Å². The fourth-order valence-electron chi connectivity index (χ4n) is 1.23. The van der Waals surface area contributed by atoms with Crippen molar-refractivity contribution in [3.05, 3.63) is 17.7 Å². The number of carbonyl (C=O) groups is 1. The molecule has 4 nitrogen and oxygen atoms in total. The first-order valence-electron chi connectivity index (χ1n) is 3.85. The minimum absolute atomic E-state index is 0.218. The fourth-order valence-corrected chi connectivity index (χ4v) is 1.23. The van der Waals surface area contributed by atoms with Crippen LogP contribution in [-0.4, -0.2) is 10.5 Å². The van der Waals surface area contributed by atoms with Gasteiger partial charge < -0.3 is 9.90 Å². The van der Waals surface area contributed by atoms with Gasteiger partial charge in [0.15, 0.2) is 5.97 Å². The second kappa shape index (κ2) is 2.97. The average Bonchev–Trinajstić information content (AvgIpc) is 2.28. The van der Waals surface area contributed by atoms with Gasteiger partial charge in [-0.3, -0.25) is 0 Å². The van der Waals surface area contributed by atoms with Gasteiger partial charge in [-0.1, -0.05) is 0 Å². The zero-order chi connectivity index (χ0) is 9.30. The minimum Gasteiger partial charge on any atom is -0.538 e. The number of hydrogen-bond acceptors (Lipinski definition) is 2. The van der Waals surface area contributed by atoms with Gasteiger partial charge in [0.2, 0.25) is 0 Å². The molecule has 0 aliphatic heterocycles. The summed E-state index contributed by atoms with van der Waals surface area (Å²) >= 11 is 0. The molecular formula is C8H12N2O2. The summed E-state index contributed by atoms with van der Waals surface area (Å²) in [6, 6.07) is 0. The molecule has 0 unspecified atom stereocenters. The van der Waals surface area contributed by atoms with E-state index >= 15 is 0 Å². The average molecular weight is 168 g/mol. The van der Waals surface area contributed by atoms with Crippen LogP contribution in [0.4, 0.5) is 0 Å². The Labute approximate surface area is 71.1 Å². The first-order chi connectivity index (χ1) is 5.57. The normalized spacial score (nSPS) is 10.2. The number of aryl methyl sites for hydroxylation is 2. The molecule has 0 atom stereocenters. The van der Waals surface area contributed by atoms with Crippen LogP contribution in [-0.2, 0) is 13.6 Å². The summed E-state index contributed by atoms with van der Waals surface area (Å²) in [5, 5.41) is 10.7. The molecule has 4 heteroatoms. The highest BCUT2D eigenvalue weighted by atomic mass is 16.4. The van der Waals surface area contributed by atoms with Gasteiger partial charge in [0.05, 0.1) is 13.6 Å². The number of hydrogen-bond donors (Lipinski definition) is 0. The lowest BCUT2D eigenvalue weighted by molar-refractivity contribution is -0.697. The molecule has 0 saturated carbocycles. The lowest BCUT2D eigenvalue weighted by Crippen LogP contribution is -2.43. The molecule has 0 amide bonds. The van der Waals surface area contributed by atoms with Crippen LogP contribution in [0.1, 0.15) is 23.2 Å². The zero-order valence-electron chi connectivity index (χ0n) is 7.50. The monoisotopic (exact) mass is 168 g/mol. The number of imidazole rings is 1. The van der Waals surface area contributed by atoms with Crippen molar-refractivity contribution in [2.24, 2.45) is 7.05 Å². The molecule has 0 bridgehead atoms. The Kier molecular flexibility index (Phi) is 2.17. The Morgan fingerprint density at radius 1 is 1.75 bits per heavy atom. The lowest BCUT2D eigenvalue weighted by atomic mass is 10.5. The van der Waals surface area contributed by atoms with Gasteiger partial charge in [-0.05, 0) is 6.92 Å². The van der Waals surface area contributed by atoms with E-state index in [9.17, 15) is 9.90 Å². The van der Waals surface area contributed by atoms with Crippen molar-refractivity contribution < 1.29 is 14.5 Å². The summed E-state index contributed by atoms with van der Waals surface area (Å²) in [4.78, 5) is 10.7. The summed E-state index contributed by atoms with van der Waals surface area (Å²) in [5.74, 6) is -0.914. The first-order valence-corrected chi connectivity index (χ1v) is 3.85. The van der Waals surface area contributed by atoms with Crippen LogP contribution < -0.4 is 9.67 Å². The topological polar surface area (TPSA) is 48.9 Å². The Morgan fingerprint density at radius 3 is 2.67 bits per heavy atom. The van der Waals surface area contributed by atoms with Crippen molar-refractivity contribution in [1.82, 2.24) is 4.57 Å². The zero-order valence-corrected chi connectivity index (χ0v) is 7.50. The summed E-state index contributed by atoms with van der Waals surface area (Å²) in [6.45, 7) is 4.40. The van der Waals surface area contributed by atoms with Crippen molar-refractivity contribution >= 4 is 5.97 Å². The third kappa shape index (κ3) is 1.20. The van der Waals surface area contributed by atoms with Crippen LogP contribution in [0.25, 0.3) is 0 Å². The molecule has 66 valence electrons. The molecular weight excluding hydrogens is 156 g/mol. The Hall–Kier alpha value is -1.32. The molecule has 0 aliphatic rings. The van der Waals surface area contributed by atoms with E-state index in [1.54, 1.807) is 22.4 Å². The molecule has 12 heavy (non-hydrogen) atoms. The highest BCUT2D eigenvalue weighted by Crippen LogP contribution is 1.97. The molecule has 1 heterocycles. The number of nitrogens with zero attached hydrogens (tertiary/aromatic N) is 2. The second-order valence-corrected chi connectivity index (χ2v) is 2.73. The molecule has 0 spiro atoms. The fraction of sp³-hybridized carbons (Fsp3) is 0.500. The highest BCUT2D eigenvalue weighted by molar-refractivity contribution is 5.79. The van der Waals surface area contributed by atoms with Crippen LogP contribution >= 0.6 is 0 Å². The van der Waals surface area contributed by atoms with Gasteiger partial charge in [-0.25, -0.2) is 9.13 Å². The van der Waals surface area contributed by atoms with Gasteiger partial charge in [-0.15, -0.1) is 0 Å². The molecule has 0 saturated heterocycles. The molecule has 0 aromatic carbocycles. The van der Waals surface area contributed by atoms with E-state index in [0.717, 1.165) is 5.69 Å². The first kappa shape index (κ1) is 8.77. The largest absolute Gasteiger partial charge is 0.538 e. The minimum atomic E-state index is -1.13. The van der Waals surface area contributed by atoms with Crippen LogP contribution in [0.3, 0.4) is 0 Å². The van der Waals surface area contributed by atoms with Crippen molar-refractivity contribution in [2.75, 3.05) is 0 Å². The number of carboxylic acid groups (broad SMARTS) is 1. The van der Waals surface area contributed by atoms with E-state index in [1.165, 1.54) is 0 Å². The predicted octanol–water partition coefficient (Wildman–Crippen LogP) is -0.996. The summed E-state index contributed by atoms with van der Waals surface area (Å²) in [6.07, 6.45) is 1.80. The number of aromatic nitrogens is 2. The third-order valence-electron chi connectivity index (χ3n) is 1.98. The molecule has 0 N–H and O–H groups in total. The Bertz CT molecular complexity index is 315. The predicted molar refractivity (Wildman–Crippen MR) is 40.3 cm³/mol. The molecule has 1 rings (SSSR count). The quantitative estimate of drug-likeness (QED) is 0.532. The van der Waals surface area contributed by atoms with Gasteiger partial charge in [0, 0.05) is 6.92 Å². The highest BCUT2D eigenvalue weighted by Gasteiger charge is 2.17. The Morgan fingerprint density at radius 2 is 2.33 bits per heavy atom. The summed E-state index contributed by atoms with van der Waals surface area (Å²) in [7, 11) is 1.71. The molecule has 0 aliphatic carbocycles. The number of aromatic carboxylic acids is 1. The molecule has 1 aromatic rings. The van der Waals surface area contributed by atoms with Crippen LogP contribution in [0.5, 0.6) is 0 Å². The second-order valence-electron chi connectivity index (χ2n) is 2.73. The molecule has 1 aromatic heterocycles.